The quantitative estimate of drug-likeness (QED) is 0.721. The Balaban J connectivity index is 1.96. The number of hydrogen-bond acceptors (Lipinski definition) is 4. The first kappa shape index (κ1) is 16.7. The van der Waals surface area contributed by atoms with Gasteiger partial charge in [-0.25, -0.2) is 9.97 Å². The van der Waals surface area contributed by atoms with E-state index in [0.717, 1.165) is 48.8 Å². The highest BCUT2D eigenvalue weighted by Gasteiger charge is 2.05. The molecule has 2 aromatic rings. The van der Waals surface area contributed by atoms with Crippen molar-refractivity contribution >= 4 is 17.4 Å². The van der Waals surface area contributed by atoms with Crippen molar-refractivity contribution < 1.29 is 0 Å². The third-order valence-electron chi connectivity index (χ3n) is 3.39. The number of hydrogen-bond donors (Lipinski definition) is 2. The van der Waals surface area contributed by atoms with Crippen LogP contribution in [0.3, 0.4) is 0 Å². The average Bonchev–Trinajstić information content (AvgIpc) is 2.51. The first-order valence-corrected chi connectivity index (χ1v) is 8.12. The van der Waals surface area contributed by atoms with E-state index in [4.69, 9.17) is 17.3 Å². The SMILES string of the molecule is Cc1cc(NCCCCCCN)nc(-c2ccc(Cl)cc2)n1. The van der Waals surface area contributed by atoms with Crippen LogP contribution >= 0.6 is 11.6 Å². The van der Waals surface area contributed by atoms with Gasteiger partial charge in [0.25, 0.3) is 0 Å². The first-order valence-electron chi connectivity index (χ1n) is 7.74. The van der Waals surface area contributed by atoms with E-state index in [1.54, 1.807) is 0 Å². The zero-order valence-electron chi connectivity index (χ0n) is 13.0. The van der Waals surface area contributed by atoms with Crippen molar-refractivity contribution in [3.05, 3.63) is 41.0 Å². The highest BCUT2D eigenvalue weighted by molar-refractivity contribution is 6.30. The van der Waals surface area contributed by atoms with Crippen molar-refractivity contribution in [1.29, 1.82) is 0 Å². The molecule has 0 unspecified atom stereocenters. The third kappa shape index (κ3) is 5.28. The maximum Gasteiger partial charge on any atom is 0.161 e. The van der Waals surface area contributed by atoms with E-state index in [2.05, 4.69) is 15.3 Å². The van der Waals surface area contributed by atoms with E-state index in [-0.39, 0.29) is 0 Å². The van der Waals surface area contributed by atoms with Gasteiger partial charge in [0.1, 0.15) is 5.82 Å². The highest BCUT2D eigenvalue weighted by atomic mass is 35.5. The summed E-state index contributed by atoms with van der Waals surface area (Å²) in [6, 6.07) is 9.56. The minimum absolute atomic E-state index is 0.715. The molecule has 118 valence electrons. The summed E-state index contributed by atoms with van der Waals surface area (Å²) in [6.07, 6.45) is 4.61. The summed E-state index contributed by atoms with van der Waals surface area (Å²) >= 11 is 5.92. The number of nitrogens with one attached hydrogen (secondary N) is 1. The van der Waals surface area contributed by atoms with E-state index < -0.39 is 0 Å². The molecule has 2 rings (SSSR count). The Bertz CT molecular complexity index is 584. The normalized spacial score (nSPS) is 10.7. The Hall–Kier alpha value is -1.65. The number of aromatic nitrogens is 2. The van der Waals surface area contributed by atoms with Crippen molar-refractivity contribution in [3.63, 3.8) is 0 Å². The van der Waals surface area contributed by atoms with Gasteiger partial charge in [0.15, 0.2) is 5.82 Å². The molecule has 0 bridgehead atoms. The second-order valence-corrected chi connectivity index (χ2v) is 5.79. The topological polar surface area (TPSA) is 63.8 Å². The van der Waals surface area contributed by atoms with Crippen LogP contribution in [0.2, 0.25) is 5.02 Å². The average molecular weight is 319 g/mol. The Morgan fingerprint density at radius 1 is 1.05 bits per heavy atom. The molecule has 0 atom stereocenters. The maximum atomic E-state index is 5.92. The van der Waals surface area contributed by atoms with Crippen LogP contribution in [-0.2, 0) is 0 Å². The van der Waals surface area contributed by atoms with Crippen LogP contribution in [0, 0.1) is 6.92 Å². The molecule has 3 N–H and O–H groups in total. The smallest absolute Gasteiger partial charge is 0.161 e. The van der Waals surface area contributed by atoms with Crippen LogP contribution < -0.4 is 11.1 Å². The molecule has 0 fully saturated rings. The van der Waals surface area contributed by atoms with Crippen LogP contribution in [0.25, 0.3) is 11.4 Å². The van der Waals surface area contributed by atoms with Crippen LogP contribution in [0.15, 0.2) is 30.3 Å². The zero-order valence-corrected chi connectivity index (χ0v) is 13.7. The van der Waals surface area contributed by atoms with Crippen LogP contribution in [-0.4, -0.2) is 23.1 Å². The number of nitrogens with two attached hydrogens (primary N) is 1. The Labute approximate surface area is 137 Å². The third-order valence-corrected chi connectivity index (χ3v) is 3.65. The van der Waals surface area contributed by atoms with Crippen molar-refractivity contribution in [2.24, 2.45) is 5.73 Å². The molecule has 0 saturated heterocycles. The van der Waals surface area contributed by atoms with Gasteiger partial charge in [0, 0.05) is 28.9 Å². The molecule has 5 heteroatoms. The summed E-state index contributed by atoms with van der Waals surface area (Å²) in [4.78, 5) is 9.08. The standard InChI is InChI=1S/C17H23ClN4/c1-13-12-16(20-11-5-3-2-4-10-19)22-17(21-13)14-6-8-15(18)9-7-14/h6-9,12H,2-5,10-11,19H2,1H3,(H,20,21,22). The van der Waals surface area contributed by atoms with Crippen LogP contribution in [0.4, 0.5) is 5.82 Å². The van der Waals surface area contributed by atoms with Crippen molar-refractivity contribution in [3.8, 4) is 11.4 Å². The number of benzene rings is 1. The number of halogens is 1. The number of aryl methyl sites for hydroxylation is 1. The second-order valence-electron chi connectivity index (χ2n) is 5.35. The largest absolute Gasteiger partial charge is 0.370 e. The number of anilines is 1. The summed E-state index contributed by atoms with van der Waals surface area (Å²) in [6.45, 7) is 3.68. The van der Waals surface area contributed by atoms with E-state index in [1.165, 1.54) is 12.8 Å². The van der Waals surface area contributed by atoms with Crippen molar-refractivity contribution in [2.75, 3.05) is 18.4 Å². The Morgan fingerprint density at radius 2 is 1.77 bits per heavy atom. The van der Waals surface area contributed by atoms with Crippen molar-refractivity contribution in [2.45, 2.75) is 32.6 Å². The molecule has 4 nitrogen and oxygen atoms in total. The second kappa shape index (κ2) is 8.71. The summed E-state index contributed by atoms with van der Waals surface area (Å²) in [5, 5.41) is 4.09. The summed E-state index contributed by atoms with van der Waals surface area (Å²) in [7, 11) is 0. The molecule has 0 saturated carbocycles. The van der Waals surface area contributed by atoms with Crippen LogP contribution in [0.1, 0.15) is 31.4 Å². The first-order chi connectivity index (χ1) is 10.7. The number of nitrogens with zero attached hydrogens (tertiary/aromatic N) is 2. The molecular formula is C17H23ClN4. The van der Waals surface area contributed by atoms with Gasteiger partial charge in [-0.3, -0.25) is 0 Å². The molecule has 0 aliphatic rings. The highest BCUT2D eigenvalue weighted by Crippen LogP contribution is 2.20. The monoisotopic (exact) mass is 318 g/mol. The molecule has 0 amide bonds. The molecule has 1 aromatic heterocycles. The lowest BCUT2D eigenvalue weighted by Crippen LogP contribution is -2.06. The molecule has 0 aliphatic carbocycles. The van der Waals surface area contributed by atoms with Gasteiger partial charge in [-0.15, -0.1) is 0 Å². The van der Waals surface area contributed by atoms with E-state index in [9.17, 15) is 0 Å². The molecular weight excluding hydrogens is 296 g/mol. The number of unbranched alkanes of at least 4 members (excludes halogenated alkanes) is 3. The molecule has 0 aliphatic heterocycles. The van der Waals surface area contributed by atoms with Gasteiger partial charge in [-0.05, 0) is 50.6 Å². The summed E-state index contributed by atoms with van der Waals surface area (Å²) in [5.74, 6) is 1.60. The predicted molar refractivity (Wildman–Crippen MR) is 93.2 cm³/mol. The lowest BCUT2D eigenvalue weighted by Gasteiger charge is -2.09. The van der Waals surface area contributed by atoms with E-state index in [1.807, 2.05) is 37.3 Å². The fourth-order valence-electron chi connectivity index (χ4n) is 2.23. The fraction of sp³-hybridized carbons (Fsp3) is 0.412. The van der Waals surface area contributed by atoms with Gasteiger partial charge in [-0.1, -0.05) is 24.4 Å². The minimum Gasteiger partial charge on any atom is -0.370 e. The summed E-state index contributed by atoms with van der Waals surface area (Å²) in [5.41, 5.74) is 7.41. The summed E-state index contributed by atoms with van der Waals surface area (Å²) < 4.78 is 0. The lowest BCUT2D eigenvalue weighted by atomic mass is 10.2. The molecule has 1 heterocycles. The van der Waals surface area contributed by atoms with Crippen LogP contribution in [0.5, 0.6) is 0 Å². The Kier molecular flexibility index (Phi) is 6.62. The Morgan fingerprint density at radius 3 is 2.50 bits per heavy atom. The molecule has 1 aromatic carbocycles. The van der Waals surface area contributed by atoms with Gasteiger partial charge in [0.05, 0.1) is 0 Å². The minimum atomic E-state index is 0.715. The lowest BCUT2D eigenvalue weighted by molar-refractivity contribution is 0.661. The van der Waals surface area contributed by atoms with Gasteiger partial charge in [-0.2, -0.15) is 0 Å². The van der Waals surface area contributed by atoms with Gasteiger partial charge < -0.3 is 11.1 Å². The van der Waals surface area contributed by atoms with E-state index >= 15 is 0 Å². The predicted octanol–water partition coefficient (Wildman–Crippen LogP) is 4.04. The fourth-order valence-corrected chi connectivity index (χ4v) is 2.35. The van der Waals surface area contributed by atoms with Gasteiger partial charge in [0.2, 0.25) is 0 Å². The molecule has 0 radical (unpaired) electrons. The molecule has 22 heavy (non-hydrogen) atoms. The van der Waals surface area contributed by atoms with Gasteiger partial charge >= 0.3 is 0 Å². The van der Waals surface area contributed by atoms with Crippen molar-refractivity contribution in [1.82, 2.24) is 9.97 Å². The van der Waals surface area contributed by atoms with E-state index in [0.29, 0.717) is 5.02 Å². The molecule has 0 spiro atoms. The maximum absolute atomic E-state index is 5.92. The zero-order chi connectivity index (χ0) is 15.8. The number of rotatable bonds is 8.